The number of hydrogen-bond donors (Lipinski definition) is 6. The molecule has 0 spiro atoms. The Kier molecular flexibility index (Phi) is 15.9. The zero-order chi connectivity index (χ0) is 40.9. The number of benzene rings is 3. The predicted octanol–water partition coefficient (Wildman–Crippen LogP) is 4.42. The van der Waals surface area contributed by atoms with E-state index in [0.29, 0.717) is 65.1 Å². The lowest BCUT2D eigenvalue weighted by Gasteiger charge is -2.24. The maximum absolute atomic E-state index is 14.1. The Hall–Kier alpha value is -4.62. The van der Waals surface area contributed by atoms with Crippen molar-refractivity contribution in [3.8, 4) is 0 Å². The molecular formula is C46H60N4O8. The number of ether oxygens (including phenoxy) is 1. The minimum atomic E-state index is -0.794. The molecule has 0 aromatic heterocycles. The minimum absolute atomic E-state index is 0.0593. The van der Waals surface area contributed by atoms with Crippen LogP contribution in [0.2, 0.25) is 0 Å². The average molecular weight is 797 g/mol. The topological polar surface area (TPSA) is 178 Å². The van der Waals surface area contributed by atoms with Crippen LogP contribution in [0.4, 0.5) is 0 Å². The van der Waals surface area contributed by atoms with Crippen LogP contribution in [-0.2, 0) is 62.7 Å². The third-order valence-corrected chi connectivity index (χ3v) is 12.4. The number of nitrogens with one attached hydrogen (secondary N) is 3. The molecule has 1 amide bonds. The third kappa shape index (κ3) is 12.4. The first kappa shape index (κ1) is 43.0. The number of carboxylic acids is 3. The smallest absolute Gasteiger partial charge is 0.307 e. The van der Waals surface area contributed by atoms with E-state index in [1.54, 1.807) is 0 Å². The van der Waals surface area contributed by atoms with Gasteiger partial charge in [0, 0.05) is 19.7 Å². The van der Waals surface area contributed by atoms with Crippen LogP contribution in [0.3, 0.4) is 0 Å². The summed E-state index contributed by atoms with van der Waals surface area (Å²) in [5.74, 6) is -3.54. The van der Waals surface area contributed by atoms with E-state index >= 15 is 0 Å². The monoisotopic (exact) mass is 796 g/mol. The fraction of sp³-hybridized carbons (Fsp3) is 0.522. The van der Waals surface area contributed by atoms with Crippen LogP contribution >= 0.6 is 0 Å². The second-order valence-corrected chi connectivity index (χ2v) is 16.6. The first-order valence-electron chi connectivity index (χ1n) is 21.0. The fourth-order valence-electron chi connectivity index (χ4n) is 9.10. The van der Waals surface area contributed by atoms with Gasteiger partial charge in [0.25, 0.3) is 0 Å². The summed E-state index contributed by atoms with van der Waals surface area (Å²) in [4.78, 5) is 52.4. The fourth-order valence-corrected chi connectivity index (χ4v) is 9.10. The molecule has 0 bridgehead atoms. The molecule has 0 radical (unpaired) electrons. The summed E-state index contributed by atoms with van der Waals surface area (Å²) in [5.41, 5.74) is 5.54. The molecule has 6 rings (SSSR count). The summed E-state index contributed by atoms with van der Waals surface area (Å²) >= 11 is 0. The molecule has 12 nitrogen and oxygen atoms in total. The van der Waals surface area contributed by atoms with E-state index in [2.05, 4.69) is 16.0 Å². The molecular weight excluding hydrogens is 737 g/mol. The maximum atomic E-state index is 14.1. The Morgan fingerprint density at radius 1 is 0.603 bits per heavy atom. The summed E-state index contributed by atoms with van der Waals surface area (Å²) in [6.45, 7) is 6.21. The summed E-state index contributed by atoms with van der Waals surface area (Å²) in [5, 5.41) is 39.8. The zero-order valence-corrected chi connectivity index (χ0v) is 33.5. The van der Waals surface area contributed by atoms with Gasteiger partial charge in [-0.15, -0.1) is 0 Å². The Bertz CT molecular complexity index is 1840. The van der Waals surface area contributed by atoms with E-state index in [4.69, 9.17) is 4.74 Å². The van der Waals surface area contributed by atoms with Crippen LogP contribution in [0.1, 0.15) is 59.1 Å². The van der Waals surface area contributed by atoms with Gasteiger partial charge in [0.05, 0.1) is 30.8 Å². The summed E-state index contributed by atoms with van der Waals surface area (Å²) in [6, 6.07) is 23.5. The lowest BCUT2D eigenvalue weighted by molar-refractivity contribution is -0.144. The number of carbonyl (C=O) groups is 4. The predicted molar refractivity (Wildman–Crippen MR) is 220 cm³/mol. The van der Waals surface area contributed by atoms with Crippen LogP contribution < -0.4 is 16.0 Å². The summed E-state index contributed by atoms with van der Waals surface area (Å²) in [6.07, 6.45) is 4.60. The standard InChI is InChI=1S/C46H60N4O8/c51-43(25-34-8-1-5-31(19-34)22-40(44(52)53)37-11-14-47-26-37)50(29-35-9-2-6-32(20-35)23-41(45(54)55)38-12-15-48-27-38)17-4-18-58-30-36-10-3-7-33(21-36)24-42(46(56)57)39-13-16-49-28-39/h1-3,5-10,19-21,37-42,47-49H,4,11-18,22-30H2,(H,52,53)(H,54,55)(H,56,57)/t37-,38-,39-,40-,41-,42-/m0/s1. The van der Waals surface area contributed by atoms with Crippen LogP contribution in [0.25, 0.3) is 0 Å². The van der Waals surface area contributed by atoms with E-state index < -0.39 is 35.7 Å². The van der Waals surface area contributed by atoms with Crippen molar-refractivity contribution < 1.29 is 39.2 Å². The van der Waals surface area contributed by atoms with Gasteiger partial charge in [0.2, 0.25) is 5.91 Å². The molecule has 3 aliphatic rings. The number of aliphatic carboxylic acids is 3. The Labute approximate surface area is 341 Å². The molecule has 0 unspecified atom stereocenters. The molecule has 12 heteroatoms. The molecule has 3 aromatic rings. The molecule has 3 saturated heterocycles. The van der Waals surface area contributed by atoms with Crippen molar-refractivity contribution in [3.05, 3.63) is 106 Å². The first-order valence-corrected chi connectivity index (χ1v) is 21.0. The van der Waals surface area contributed by atoms with Gasteiger partial charge in [0.15, 0.2) is 0 Å². The van der Waals surface area contributed by atoms with Gasteiger partial charge in [-0.2, -0.15) is 0 Å². The number of hydrogen-bond acceptors (Lipinski definition) is 8. The van der Waals surface area contributed by atoms with Gasteiger partial charge in [-0.25, -0.2) is 0 Å². The number of amides is 1. The Balaban J connectivity index is 1.10. The summed E-state index contributed by atoms with van der Waals surface area (Å²) < 4.78 is 6.10. The second-order valence-electron chi connectivity index (χ2n) is 16.6. The first-order chi connectivity index (χ1) is 28.1. The average Bonchev–Trinajstić information content (AvgIpc) is 4.03. The van der Waals surface area contributed by atoms with Crippen molar-refractivity contribution in [1.29, 1.82) is 0 Å². The van der Waals surface area contributed by atoms with Crippen LogP contribution in [0, 0.1) is 35.5 Å². The number of nitrogens with zero attached hydrogens (tertiary/aromatic N) is 1. The molecule has 3 fully saturated rings. The van der Waals surface area contributed by atoms with Gasteiger partial charge in [-0.05, 0) is 135 Å². The molecule has 0 saturated carbocycles. The molecule has 6 atom stereocenters. The van der Waals surface area contributed by atoms with Crippen molar-refractivity contribution >= 4 is 23.8 Å². The van der Waals surface area contributed by atoms with Gasteiger partial charge in [0.1, 0.15) is 0 Å². The SMILES string of the molecule is O=C(O)[C@@H](Cc1cccc(COCCCN(Cc2cccc(C[C@H](C(=O)O)[C@H]3CCNC3)c2)C(=O)Cc2cccc(C[C@H](C(=O)O)[C@H]3CCNC3)c2)c1)[C@H]1CCNC1. The van der Waals surface area contributed by atoms with Crippen molar-refractivity contribution in [2.75, 3.05) is 52.4 Å². The van der Waals surface area contributed by atoms with Crippen molar-refractivity contribution in [3.63, 3.8) is 0 Å². The lowest BCUT2D eigenvalue weighted by atomic mass is 9.86. The molecule has 6 N–H and O–H groups in total. The highest BCUT2D eigenvalue weighted by Gasteiger charge is 2.33. The number of carboxylic acid groups (broad SMARTS) is 3. The second kappa shape index (κ2) is 21.4. The molecule has 3 aromatic carbocycles. The van der Waals surface area contributed by atoms with Crippen LogP contribution in [0.15, 0.2) is 72.8 Å². The van der Waals surface area contributed by atoms with Gasteiger partial charge >= 0.3 is 17.9 Å². The van der Waals surface area contributed by atoms with Crippen molar-refractivity contribution in [2.24, 2.45) is 35.5 Å². The highest BCUT2D eigenvalue weighted by Crippen LogP contribution is 2.27. The third-order valence-electron chi connectivity index (χ3n) is 12.4. The van der Waals surface area contributed by atoms with Crippen LogP contribution in [-0.4, -0.2) is 96.5 Å². The molecule has 312 valence electrons. The molecule has 0 aliphatic carbocycles. The maximum Gasteiger partial charge on any atom is 0.307 e. The quantitative estimate of drug-likeness (QED) is 0.0794. The number of rotatable bonds is 22. The number of carbonyl (C=O) groups excluding carboxylic acids is 1. The van der Waals surface area contributed by atoms with Crippen molar-refractivity contribution in [2.45, 2.75) is 64.5 Å². The van der Waals surface area contributed by atoms with Gasteiger partial charge < -0.3 is 40.9 Å². The van der Waals surface area contributed by atoms with Crippen molar-refractivity contribution in [1.82, 2.24) is 20.9 Å². The summed E-state index contributed by atoms with van der Waals surface area (Å²) in [7, 11) is 0. The molecule has 3 aliphatic heterocycles. The van der Waals surface area contributed by atoms with Gasteiger partial charge in [-0.3, -0.25) is 19.2 Å². The normalized spacial score (nSPS) is 20.7. The molecule has 58 heavy (non-hydrogen) atoms. The molecule has 3 heterocycles. The zero-order valence-electron chi connectivity index (χ0n) is 33.5. The minimum Gasteiger partial charge on any atom is -0.481 e. The van der Waals surface area contributed by atoms with E-state index in [1.807, 2.05) is 77.7 Å². The largest absolute Gasteiger partial charge is 0.481 e. The van der Waals surface area contributed by atoms with E-state index in [0.717, 1.165) is 78.8 Å². The highest BCUT2D eigenvalue weighted by molar-refractivity contribution is 5.79. The van der Waals surface area contributed by atoms with E-state index in [9.17, 15) is 34.5 Å². The van der Waals surface area contributed by atoms with E-state index in [-0.39, 0.29) is 30.1 Å². The van der Waals surface area contributed by atoms with E-state index in [1.165, 1.54) is 0 Å². The Morgan fingerprint density at radius 2 is 1.02 bits per heavy atom. The lowest BCUT2D eigenvalue weighted by Crippen LogP contribution is -2.33. The Morgan fingerprint density at radius 3 is 1.47 bits per heavy atom. The highest BCUT2D eigenvalue weighted by atomic mass is 16.5. The van der Waals surface area contributed by atoms with Gasteiger partial charge in [-0.1, -0.05) is 72.8 Å². The van der Waals surface area contributed by atoms with Crippen LogP contribution in [0.5, 0.6) is 0 Å².